The zero-order valence-electron chi connectivity index (χ0n) is 13.4. The van der Waals surface area contributed by atoms with Gasteiger partial charge in [0.25, 0.3) is 0 Å². The third-order valence-electron chi connectivity index (χ3n) is 5.88. The van der Waals surface area contributed by atoms with Crippen LogP contribution in [0.25, 0.3) is 0 Å². The van der Waals surface area contributed by atoms with Crippen LogP contribution in [0.3, 0.4) is 0 Å². The fourth-order valence-electron chi connectivity index (χ4n) is 4.50. The molecular weight excluding hydrogens is 232 g/mol. The molecule has 0 N–H and O–H groups in total. The third-order valence-corrected chi connectivity index (χ3v) is 13.0. The molecule has 1 fully saturated rings. The Kier molecular flexibility index (Phi) is 7.59. The highest BCUT2D eigenvalue weighted by Gasteiger charge is 2.39. The van der Waals surface area contributed by atoms with E-state index in [4.69, 9.17) is 0 Å². The van der Waals surface area contributed by atoms with Gasteiger partial charge in [0.1, 0.15) is 0 Å². The molecular formula is C17H36Si. The first kappa shape index (κ1) is 16.3. The van der Waals surface area contributed by atoms with Crippen LogP contribution in [0.15, 0.2) is 0 Å². The van der Waals surface area contributed by atoms with Crippen molar-refractivity contribution in [2.45, 2.75) is 109 Å². The van der Waals surface area contributed by atoms with Gasteiger partial charge in [-0.1, -0.05) is 103 Å². The molecule has 0 saturated heterocycles. The highest BCUT2D eigenvalue weighted by Crippen LogP contribution is 2.45. The van der Waals surface area contributed by atoms with Crippen LogP contribution in [0.5, 0.6) is 0 Å². The van der Waals surface area contributed by atoms with Crippen molar-refractivity contribution in [2.75, 3.05) is 0 Å². The molecule has 0 atom stereocenters. The molecule has 0 spiro atoms. The molecule has 0 aliphatic heterocycles. The topological polar surface area (TPSA) is 0 Å². The van der Waals surface area contributed by atoms with E-state index in [2.05, 4.69) is 27.7 Å². The highest BCUT2D eigenvalue weighted by atomic mass is 28.3. The number of hydrogen-bond donors (Lipinski definition) is 0. The molecule has 0 bridgehead atoms. The monoisotopic (exact) mass is 268 g/mol. The molecule has 1 aliphatic rings. The van der Waals surface area contributed by atoms with Crippen LogP contribution in [-0.4, -0.2) is 8.07 Å². The predicted octanol–water partition coefficient (Wildman–Crippen LogP) is 6.78. The van der Waals surface area contributed by atoms with Gasteiger partial charge in [0.2, 0.25) is 0 Å². The zero-order valence-corrected chi connectivity index (χ0v) is 14.4. The minimum absolute atomic E-state index is 0.987. The maximum Gasteiger partial charge on any atom is 0.0587 e. The van der Waals surface area contributed by atoms with Crippen LogP contribution in [0, 0.1) is 0 Å². The molecule has 0 amide bonds. The normalized spacial score (nSPS) is 21.2. The zero-order chi connectivity index (χ0) is 13.4. The van der Waals surface area contributed by atoms with Gasteiger partial charge in [0, 0.05) is 0 Å². The lowest BCUT2D eigenvalue weighted by atomic mass is 10.0. The summed E-state index contributed by atoms with van der Waals surface area (Å²) < 4.78 is 0. The van der Waals surface area contributed by atoms with E-state index in [1.165, 1.54) is 57.0 Å². The van der Waals surface area contributed by atoms with Crippen molar-refractivity contribution in [3.05, 3.63) is 0 Å². The van der Waals surface area contributed by atoms with E-state index in [1.807, 2.05) is 0 Å². The van der Waals surface area contributed by atoms with E-state index in [9.17, 15) is 0 Å². The van der Waals surface area contributed by atoms with Gasteiger partial charge in [-0.2, -0.15) is 0 Å². The fourth-order valence-corrected chi connectivity index (χ4v) is 10.3. The summed E-state index contributed by atoms with van der Waals surface area (Å²) in [6, 6.07) is 3.04. The Morgan fingerprint density at radius 3 is 1.50 bits per heavy atom. The first-order valence-corrected chi connectivity index (χ1v) is 11.2. The van der Waals surface area contributed by atoms with Gasteiger partial charge < -0.3 is 0 Å². The lowest BCUT2D eigenvalue weighted by Gasteiger charge is -2.42. The van der Waals surface area contributed by atoms with E-state index in [-0.39, 0.29) is 0 Å². The summed E-state index contributed by atoms with van der Waals surface area (Å²) in [5.41, 5.74) is 2.12. The van der Waals surface area contributed by atoms with Gasteiger partial charge >= 0.3 is 0 Å². The van der Waals surface area contributed by atoms with E-state index < -0.39 is 8.07 Å². The average Bonchev–Trinajstić information content (AvgIpc) is 2.38. The summed E-state index contributed by atoms with van der Waals surface area (Å²) in [6.07, 6.45) is 13.7. The molecule has 1 rings (SSSR count). The quantitative estimate of drug-likeness (QED) is 0.493. The van der Waals surface area contributed by atoms with Crippen LogP contribution < -0.4 is 0 Å². The van der Waals surface area contributed by atoms with Crippen LogP contribution in [0.1, 0.15) is 85.5 Å². The second kappa shape index (κ2) is 8.40. The van der Waals surface area contributed by atoms with Gasteiger partial charge in [-0.3, -0.25) is 0 Å². The van der Waals surface area contributed by atoms with Crippen LogP contribution in [0.2, 0.25) is 23.2 Å². The predicted molar refractivity (Wildman–Crippen MR) is 87.1 cm³/mol. The smallest absolute Gasteiger partial charge is 0.0587 e. The molecule has 108 valence electrons. The summed E-state index contributed by atoms with van der Waals surface area (Å²) in [5.74, 6) is 0. The van der Waals surface area contributed by atoms with Gasteiger partial charge in [0.05, 0.1) is 8.07 Å². The third kappa shape index (κ3) is 4.11. The number of rotatable bonds is 4. The van der Waals surface area contributed by atoms with Crippen molar-refractivity contribution in [1.82, 2.24) is 0 Å². The molecule has 0 unspecified atom stereocenters. The standard InChI is InChI=1S/C17H36Si/c1-5-18(6-2,16(3)4)17-14-12-10-8-7-9-11-13-15-17/h16-17H,5-15H2,1-4H3. The van der Waals surface area contributed by atoms with Crippen LogP contribution in [0.4, 0.5) is 0 Å². The van der Waals surface area contributed by atoms with Crippen molar-refractivity contribution >= 4 is 8.07 Å². The molecule has 1 aliphatic carbocycles. The van der Waals surface area contributed by atoms with E-state index in [1.54, 1.807) is 12.8 Å². The largest absolute Gasteiger partial charge is 0.0678 e. The molecule has 0 nitrogen and oxygen atoms in total. The first-order valence-electron chi connectivity index (χ1n) is 8.67. The molecule has 0 aromatic rings. The molecule has 0 aromatic carbocycles. The fraction of sp³-hybridized carbons (Fsp3) is 1.00. The Balaban J connectivity index is 2.71. The minimum Gasteiger partial charge on any atom is -0.0678 e. The summed E-state index contributed by atoms with van der Waals surface area (Å²) in [6.45, 7) is 10.0. The van der Waals surface area contributed by atoms with Crippen molar-refractivity contribution in [1.29, 1.82) is 0 Å². The van der Waals surface area contributed by atoms with Crippen molar-refractivity contribution in [2.24, 2.45) is 0 Å². The van der Waals surface area contributed by atoms with Gasteiger partial charge in [-0.25, -0.2) is 0 Å². The summed E-state index contributed by atoms with van der Waals surface area (Å²) in [5, 5.41) is 0. The summed E-state index contributed by atoms with van der Waals surface area (Å²) >= 11 is 0. The average molecular weight is 269 g/mol. The molecule has 0 radical (unpaired) electrons. The summed E-state index contributed by atoms with van der Waals surface area (Å²) in [7, 11) is -1.01. The first-order chi connectivity index (χ1) is 8.67. The molecule has 18 heavy (non-hydrogen) atoms. The number of hydrogen-bond acceptors (Lipinski definition) is 0. The second-order valence-corrected chi connectivity index (χ2v) is 12.7. The highest BCUT2D eigenvalue weighted by molar-refractivity contribution is 6.82. The van der Waals surface area contributed by atoms with Crippen LogP contribution in [-0.2, 0) is 0 Å². The molecule has 0 heterocycles. The maximum atomic E-state index is 2.53. The van der Waals surface area contributed by atoms with Gasteiger partial charge in [-0.05, 0) is 5.54 Å². The minimum atomic E-state index is -1.01. The van der Waals surface area contributed by atoms with Gasteiger partial charge in [-0.15, -0.1) is 0 Å². The Bertz CT molecular complexity index is 196. The lowest BCUT2D eigenvalue weighted by Crippen LogP contribution is -2.41. The Morgan fingerprint density at radius 1 is 0.778 bits per heavy atom. The SMILES string of the molecule is CC[Si](CC)(C(C)C)C1CCCCCCCCC1. The summed E-state index contributed by atoms with van der Waals surface area (Å²) in [4.78, 5) is 0. The Hall–Kier alpha value is 0.217. The Morgan fingerprint density at radius 2 is 1.17 bits per heavy atom. The lowest BCUT2D eigenvalue weighted by molar-refractivity contribution is 0.491. The van der Waals surface area contributed by atoms with Crippen LogP contribution >= 0.6 is 0 Å². The molecule has 1 saturated carbocycles. The molecule has 0 aromatic heterocycles. The molecule has 1 heteroatoms. The van der Waals surface area contributed by atoms with Gasteiger partial charge in [0.15, 0.2) is 0 Å². The van der Waals surface area contributed by atoms with E-state index >= 15 is 0 Å². The van der Waals surface area contributed by atoms with Crippen molar-refractivity contribution < 1.29 is 0 Å². The maximum absolute atomic E-state index is 2.53. The van der Waals surface area contributed by atoms with Crippen molar-refractivity contribution in [3.63, 3.8) is 0 Å². The van der Waals surface area contributed by atoms with Crippen molar-refractivity contribution in [3.8, 4) is 0 Å². The van der Waals surface area contributed by atoms with E-state index in [0.29, 0.717) is 0 Å². The second-order valence-electron chi connectivity index (χ2n) is 6.84. The Labute approximate surface area is 117 Å². The van der Waals surface area contributed by atoms with E-state index in [0.717, 1.165) is 11.1 Å².